The van der Waals surface area contributed by atoms with Gasteiger partial charge in [-0.05, 0) is 36.2 Å². The van der Waals surface area contributed by atoms with Crippen LogP contribution in [-0.2, 0) is 6.42 Å². The van der Waals surface area contributed by atoms with E-state index < -0.39 is 0 Å². The van der Waals surface area contributed by atoms with E-state index in [2.05, 4.69) is 29.4 Å². The Balaban J connectivity index is 2.14. The summed E-state index contributed by atoms with van der Waals surface area (Å²) in [6.45, 7) is 2.15. The Labute approximate surface area is 125 Å². The number of hydrogen-bond donors (Lipinski definition) is 1. The molecule has 0 aliphatic carbocycles. The van der Waals surface area contributed by atoms with E-state index in [1.807, 2.05) is 31.1 Å². The third kappa shape index (κ3) is 3.81. The second-order valence-electron chi connectivity index (χ2n) is 5.17. The number of aryl methyl sites for hydroxylation is 1. The molecule has 0 aliphatic heterocycles. The van der Waals surface area contributed by atoms with Crippen molar-refractivity contribution in [1.29, 1.82) is 0 Å². The Kier molecular flexibility index (Phi) is 4.93. The normalized spacial score (nSPS) is 10.2. The van der Waals surface area contributed by atoms with Gasteiger partial charge in [0, 0.05) is 26.0 Å². The fourth-order valence-corrected chi connectivity index (χ4v) is 2.17. The predicted octanol–water partition coefficient (Wildman–Crippen LogP) is 3.35. The van der Waals surface area contributed by atoms with Crippen LogP contribution in [0.3, 0.4) is 0 Å². The molecule has 110 valence electrons. The number of nitrogens with zero attached hydrogens (tertiary/aromatic N) is 2. The molecule has 0 fully saturated rings. The van der Waals surface area contributed by atoms with Crippen LogP contribution in [0.4, 0.5) is 11.5 Å². The molecule has 0 atom stereocenters. The standard InChI is InChI=1S/C17H21N3O/c1-4-6-13-8-10-14(11-9-13)19-17(21)15-7-5-12-18-16(15)20(2)3/h5,7-12H,4,6H2,1-3H3,(H,19,21). The van der Waals surface area contributed by atoms with Gasteiger partial charge in [-0.15, -0.1) is 0 Å². The summed E-state index contributed by atoms with van der Waals surface area (Å²) in [7, 11) is 3.75. The molecule has 1 aromatic heterocycles. The zero-order valence-corrected chi connectivity index (χ0v) is 12.8. The van der Waals surface area contributed by atoms with Gasteiger partial charge in [-0.1, -0.05) is 25.5 Å². The van der Waals surface area contributed by atoms with Crippen LogP contribution < -0.4 is 10.2 Å². The van der Waals surface area contributed by atoms with Crippen molar-refractivity contribution in [2.24, 2.45) is 0 Å². The van der Waals surface area contributed by atoms with Crippen LogP contribution in [-0.4, -0.2) is 25.0 Å². The van der Waals surface area contributed by atoms with Crippen LogP contribution >= 0.6 is 0 Å². The van der Waals surface area contributed by atoms with Gasteiger partial charge in [-0.2, -0.15) is 0 Å². The van der Waals surface area contributed by atoms with Crippen LogP contribution in [0.2, 0.25) is 0 Å². The number of carbonyl (C=O) groups excluding carboxylic acids is 1. The first kappa shape index (κ1) is 15.0. The minimum absolute atomic E-state index is 0.143. The van der Waals surface area contributed by atoms with Crippen LogP contribution in [0.15, 0.2) is 42.6 Å². The smallest absolute Gasteiger partial charge is 0.259 e. The maximum atomic E-state index is 12.4. The molecule has 0 radical (unpaired) electrons. The molecule has 2 aromatic rings. The second kappa shape index (κ2) is 6.88. The fraction of sp³-hybridized carbons (Fsp3) is 0.294. The van der Waals surface area contributed by atoms with Gasteiger partial charge < -0.3 is 10.2 Å². The highest BCUT2D eigenvalue weighted by Crippen LogP contribution is 2.17. The van der Waals surface area contributed by atoms with Crippen molar-refractivity contribution in [2.45, 2.75) is 19.8 Å². The van der Waals surface area contributed by atoms with E-state index in [-0.39, 0.29) is 5.91 Å². The number of aromatic nitrogens is 1. The summed E-state index contributed by atoms with van der Waals surface area (Å²) >= 11 is 0. The Morgan fingerprint density at radius 2 is 1.90 bits per heavy atom. The van der Waals surface area contributed by atoms with Crippen molar-refractivity contribution in [3.8, 4) is 0 Å². The molecular weight excluding hydrogens is 262 g/mol. The number of amides is 1. The lowest BCUT2D eigenvalue weighted by Gasteiger charge is -2.15. The van der Waals surface area contributed by atoms with Crippen LogP contribution in [0.5, 0.6) is 0 Å². The minimum Gasteiger partial charge on any atom is -0.362 e. The monoisotopic (exact) mass is 283 g/mol. The maximum Gasteiger partial charge on any atom is 0.259 e. The molecule has 1 heterocycles. The SMILES string of the molecule is CCCc1ccc(NC(=O)c2cccnc2N(C)C)cc1. The van der Waals surface area contributed by atoms with Gasteiger partial charge in [-0.25, -0.2) is 4.98 Å². The lowest BCUT2D eigenvalue weighted by atomic mass is 10.1. The number of benzene rings is 1. The number of anilines is 2. The number of rotatable bonds is 5. The summed E-state index contributed by atoms with van der Waals surface area (Å²) in [5.41, 5.74) is 2.65. The van der Waals surface area contributed by atoms with Gasteiger partial charge in [0.05, 0.1) is 5.56 Å². The van der Waals surface area contributed by atoms with Crippen molar-refractivity contribution < 1.29 is 4.79 Å². The first-order valence-corrected chi connectivity index (χ1v) is 7.14. The Bertz CT molecular complexity index is 606. The molecular formula is C17H21N3O. The summed E-state index contributed by atoms with van der Waals surface area (Å²) in [6.07, 6.45) is 3.86. The molecule has 0 saturated heterocycles. The zero-order valence-electron chi connectivity index (χ0n) is 12.8. The highest BCUT2D eigenvalue weighted by molar-refractivity contribution is 6.07. The van der Waals surface area contributed by atoms with Gasteiger partial charge in [0.25, 0.3) is 5.91 Å². The van der Waals surface area contributed by atoms with Gasteiger partial charge in [0.1, 0.15) is 5.82 Å². The Hall–Kier alpha value is -2.36. The van der Waals surface area contributed by atoms with Crippen molar-refractivity contribution in [3.05, 3.63) is 53.7 Å². The van der Waals surface area contributed by atoms with Crippen molar-refractivity contribution in [3.63, 3.8) is 0 Å². The fourth-order valence-electron chi connectivity index (χ4n) is 2.17. The summed E-state index contributed by atoms with van der Waals surface area (Å²) in [5.74, 6) is 0.521. The number of hydrogen-bond acceptors (Lipinski definition) is 3. The maximum absolute atomic E-state index is 12.4. The topological polar surface area (TPSA) is 45.2 Å². The second-order valence-corrected chi connectivity index (χ2v) is 5.17. The average Bonchev–Trinajstić information content (AvgIpc) is 2.49. The quantitative estimate of drug-likeness (QED) is 0.915. The summed E-state index contributed by atoms with van der Waals surface area (Å²) in [5, 5.41) is 2.92. The molecule has 1 aromatic carbocycles. The van der Waals surface area contributed by atoms with E-state index in [4.69, 9.17) is 0 Å². The lowest BCUT2D eigenvalue weighted by Crippen LogP contribution is -2.19. The largest absolute Gasteiger partial charge is 0.362 e. The van der Waals surface area contributed by atoms with Crippen molar-refractivity contribution >= 4 is 17.4 Å². The third-order valence-electron chi connectivity index (χ3n) is 3.21. The molecule has 4 nitrogen and oxygen atoms in total. The summed E-state index contributed by atoms with van der Waals surface area (Å²) in [4.78, 5) is 18.4. The number of nitrogens with one attached hydrogen (secondary N) is 1. The van der Waals surface area contributed by atoms with Crippen molar-refractivity contribution in [2.75, 3.05) is 24.3 Å². The molecule has 0 bridgehead atoms. The highest BCUT2D eigenvalue weighted by Gasteiger charge is 2.13. The van der Waals surface area contributed by atoms with Gasteiger partial charge in [-0.3, -0.25) is 4.79 Å². The average molecular weight is 283 g/mol. The number of carbonyl (C=O) groups is 1. The van der Waals surface area contributed by atoms with Crippen LogP contribution in [0.25, 0.3) is 0 Å². The highest BCUT2D eigenvalue weighted by atomic mass is 16.1. The Morgan fingerprint density at radius 3 is 2.52 bits per heavy atom. The molecule has 0 spiro atoms. The van der Waals surface area contributed by atoms with Crippen molar-refractivity contribution in [1.82, 2.24) is 4.98 Å². The lowest BCUT2D eigenvalue weighted by molar-refractivity contribution is 0.102. The number of pyridine rings is 1. The molecule has 4 heteroatoms. The van der Waals surface area contributed by atoms with E-state index in [0.29, 0.717) is 11.4 Å². The summed E-state index contributed by atoms with van der Waals surface area (Å²) in [6, 6.07) is 11.5. The Morgan fingerprint density at radius 1 is 1.19 bits per heavy atom. The van der Waals surface area contributed by atoms with Crippen LogP contribution in [0, 0.1) is 0 Å². The molecule has 0 aliphatic rings. The minimum atomic E-state index is -0.143. The summed E-state index contributed by atoms with van der Waals surface area (Å²) < 4.78 is 0. The van der Waals surface area contributed by atoms with Gasteiger partial charge in [0.15, 0.2) is 0 Å². The predicted molar refractivity (Wildman–Crippen MR) is 87.0 cm³/mol. The zero-order chi connectivity index (χ0) is 15.2. The molecule has 0 saturated carbocycles. The third-order valence-corrected chi connectivity index (χ3v) is 3.21. The van der Waals surface area contributed by atoms with E-state index in [0.717, 1.165) is 18.5 Å². The van der Waals surface area contributed by atoms with E-state index in [1.165, 1.54) is 5.56 Å². The molecule has 1 amide bonds. The van der Waals surface area contributed by atoms with E-state index in [9.17, 15) is 4.79 Å². The van der Waals surface area contributed by atoms with Gasteiger partial charge in [0.2, 0.25) is 0 Å². The van der Waals surface area contributed by atoms with Crippen LogP contribution in [0.1, 0.15) is 29.3 Å². The van der Waals surface area contributed by atoms with E-state index >= 15 is 0 Å². The van der Waals surface area contributed by atoms with E-state index in [1.54, 1.807) is 18.3 Å². The first-order chi connectivity index (χ1) is 10.1. The molecule has 1 N–H and O–H groups in total. The van der Waals surface area contributed by atoms with Gasteiger partial charge >= 0.3 is 0 Å². The molecule has 21 heavy (non-hydrogen) atoms. The molecule has 0 unspecified atom stereocenters. The molecule has 2 rings (SSSR count). The first-order valence-electron chi connectivity index (χ1n) is 7.14.